The number of sulfonamides is 1. The first-order chi connectivity index (χ1) is 19.5. The van der Waals surface area contributed by atoms with Crippen LogP contribution in [0.5, 0.6) is 5.75 Å². The first-order valence-electron chi connectivity index (χ1n) is 11.7. The summed E-state index contributed by atoms with van der Waals surface area (Å²) >= 11 is 0. The molecule has 0 spiro atoms. The van der Waals surface area contributed by atoms with E-state index in [0.29, 0.717) is 16.7 Å². The molecule has 3 aromatic heterocycles. The number of nitrogens with zero attached hydrogens (tertiary/aromatic N) is 5. The third-order valence-corrected chi connectivity index (χ3v) is 7.97. The molecule has 4 heterocycles. The van der Waals surface area contributed by atoms with Gasteiger partial charge in [0.25, 0.3) is 10.0 Å². The second-order valence-electron chi connectivity index (χ2n) is 8.89. The molecule has 0 aromatic carbocycles. The molecule has 3 aromatic rings. The van der Waals surface area contributed by atoms with Gasteiger partial charge in [-0.1, -0.05) is 0 Å². The number of carbonyl (C=O) groups is 1. The Morgan fingerprint density at radius 3 is 2.29 bits per heavy atom. The van der Waals surface area contributed by atoms with Crippen molar-refractivity contribution in [1.29, 1.82) is 0 Å². The van der Waals surface area contributed by atoms with Crippen LogP contribution >= 0.6 is 0 Å². The van der Waals surface area contributed by atoms with Crippen LogP contribution in [0.4, 0.5) is 35.1 Å². The number of aromatic nitrogens is 4. The summed E-state index contributed by atoms with van der Waals surface area (Å²) in [6.07, 6.45) is -9.78. The van der Waals surface area contributed by atoms with Crippen LogP contribution in [-0.2, 0) is 27.5 Å². The molecule has 0 radical (unpaired) electrons. The van der Waals surface area contributed by atoms with Gasteiger partial charge in [0.05, 0.1) is 24.1 Å². The molecule has 0 saturated carbocycles. The predicted octanol–water partition coefficient (Wildman–Crippen LogP) is 3.80. The third-order valence-electron chi connectivity index (χ3n) is 6.05. The first-order valence-corrected chi connectivity index (χ1v) is 13.1. The average molecular weight is 626 g/mol. The summed E-state index contributed by atoms with van der Waals surface area (Å²) < 4.78 is 136. The van der Waals surface area contributed by atoms with Gasteiger partial charge in [-0.2, -0.15) is 17.5 Å². The van der Waals surface area contributed by atoms with Crippen LogP contribution < -0.4 is 10.1 Å². The van der Waals surface area contributed by atoms with Crippen molar-refractivity contribution in [3.05, 3.63) is 60.2 Å². The number of amides is 1. The maximum atomic E-state index is 14.6. The number of carbonyl (C=O) groups excluding carboxylic acids is 1. The number of nitrogens with one attached hydrogen (secondary N) is 1. The molecule has 3 atom stereocenters. The minimum absolute atomic E-state index is 0.122. The number of alkyl halides is 7. The molecule has 19 heteroatoms. The van der Waals surface area contributed by atoms with Gasteiger partial charge >= 0.3 is 12.5 Å². The van der Waals surface area contributed by atoms with Crippen molar-refractivity contribution in [2.45, 2.75) is 55.7 Å². The monoisotopic (exact) mass is 626 g/mol. The Kier molecular flexibility index (Phi) is 8.36. The van der Waals surface area contributed by atoms with Crippen LogP contribution in [0.2, 0.25) is 0 Å². The molecule has 226 valence electrons. The number of pyridine rings is 2. The standard InChI is InChI=1S/C23H18F8N6O4S/c1-11-15(25)5-17(37(11)42(39,40)19-3-2-14(24)9-33-19)20(38)34-6-12-4-16(32-10-18(12)41-23(29,30)31)13-7-35-21(36-8-13)22(26,27)28/h2-4,7-11,15,17H,5-6H2,1H3,(H,34,38)/t11-,15+,17-/m0/s1. The summed E-state index contributed by atoms with van der Waals surface area (Å²) in [5, 5.41) is 1.57. The minimum atomic E-state index is -5.20. The number of hydrogen-bond acceptors (Lipinski definition) is 8. The van der Waals surface area contributed by atoms with Crippen LogP contribution in [-0.4, -0.2) is 63.2 Å². The maximum Gasteiger partial charge on any atom is 0.573 e. The highest BCUT2D eigenvalue weighted by Crippen LogP contribution is 2.34. The summed E-state index contributed by atoms with van der Waals surface area (Å²) in [6.45, 7) is 0.460. The molecule has 1 saturated heterocycles. The molecule has 1 N–H and O–H groups in total. The van der Waals surface area contributed by atoms with E-state index in [0.717, 1.165) is 30.6 Å². The van der Waals surface area contributed by atoms with Gasteiger partial charge in [-0.3, -0.25) is 9.78 Å². The quantitative estimate of drug-likeness (QED) is 0.393. The molecule has 0 unspecified atom stereocenters. The fraction of sp³-hybridized carbons (Fsp3) is 0.348. The van der Waals surface area contributed by atoms with Crippen molar-refractivity contribution in [3.8, 4) is 17.0 Å². The SMILES string of the molecule is C[C@H]1[C@H](F)C[C@@H](C(=O)NCc2cc(-c3cnc(C(F)(F)F)nc3)ncc2OC(F)(F)F)N1S(=O)(=O)c1ccc(F)cn1. The Hall–Kier alpha value is -4.00. The summed E-state index contributed by atoms with van der Waals surface area (Å²) in [4.78, 5) is 26.6. The van der Waals surface area contributed by atoms with Gasteiger partial charge in [-0.15, -0.1) is 13.2 Å². The van der Waals surface area contributed by atoms with Gasteiger partial charge < -0.3 is 10.1 Å². The number of ether oxygens (including phenoxy) is 1. The zero-order chi connectivity index (χ0) is 31.0. The first kappa shape index (κ1) is 30.9. The molecule has 4 rings (SSSR count). The molecule has 0 aliphatic carbocycles. The van der Waals surface area contributed by atoms with Crippen molar-refractivity contribution in [2.75, 3.05) is 0 Å². The lowest BCUT2D eigenvalue weighted by Crippen LogP contribution is -2.48. The van der Waals surface area contributed by atoms with E-state index in [1.165, 1.54) is 6.92 Å². The van der Waals surface area contributed by atoms with Crippen molar-refractivity contribution in [2.24, 2.45) is 0 Å². The topological polar surface area (TPSA) is 127 Å². The zero-order valence-corrected chi connectivity index (χ0v) is 21.8. The molecule has 0 bridgehead atoms. The van der Waals surface area contributed by atoms with E-state index in [1.807, 2.05) is 0 Å². The van der Waals surface area contributed by atoms with Gasteiger partial charge in [0.2, 0.25) is 11.7 Å². The summed E-state index contributed by atoms with van der Waals surface area (Å²) in [7, 11) is -4.63. The van der Waals surface area contributed by atoms with Crippen LogP contribution in [0.15, 0.2) is 48.0 Å². The van der Waals surface area contributed by atoms with Crippen molar-refractivity contribution in [1.82, 2.24) is 29.6 Å². The predicted molar refractivity (Wildman–Crippen MR) is 125 cm³/mol. The largest absolute Gasteiger partial charge is 0.573 e. The Labute approximate surface area is 231 Å². The molecule has 1 aliphatic rings. The fourth-order valence-corrected chi connectivity index (χ4v) is 5.82. The molecule has 42 heavy (non-hydrogen) atoms. The summed E-state index contributed by atoms with van der Waals surface area (Å²) in [6, 6.07) is -0.438. The van der Waals surface area contributed by atoms with Crippen LogP contribution in [0.1, 0.15) is 24.7 Å². The fourth-order valence-electron chi connectivity index (χ4n) is 4.09. The van der Waals surface area contributed by atoms with Crippen molar-refractivity contribution in [3.63, 3.8) is 0 Å². The summed E-state index contributed by atoms with van der Waals surface area (Å²) in [5.74, 6) is -4.30. The molecule has 1 amide bonds. The van der Waals surface area contributed by atoms with E-state index < -0.39 is 82.1 Å². The van der Waals surface area contributed by atoms with E-state index in [9.17, 15) is 48.3 Å². The molecule has 1 aliphatic heterocycles. The highest BCUT2D eigenvalue weighted by molar-refractivity contribution is 7.89. The van der Waals surface area contributed by atoms with Crippen LogP contribution in [0, 0.1) is 5.82 Å². The highest BCUT2D eigenvalue weighted by atomic mass is 32.2. The highest BCUT2D eigenvalue weighted by Gasteiger charge is 2.49. The second kappa shape index (κ2) is 11.3. The van der Waals surface area contributed by atoms with Gasteiger partial charge in [-0.05, 0) is 25.1 Å². The number of halogens is 8. The van der Waals surface area contributed by atoms with Gasteiger partial charge in [0, 0.05) is 36.5 Å². The Bertz CT molecular complexity index is 1550. The van der Waals surface area contributed by atoms with E-state index >= 15 is 0 Å². The Morgan fingerprint density at radius 1 is 1.05 bits per heavy atom. The number of rotatable bonds is 7. The smallest absolute Gasteiger partial charge is 0.404 e. The lowest BCUT2D eigenvalue weighted by atomic mass is 10.1. The van der Waals surface area contributed by atoms with Crippen LogP contribution in [0.25, 0.3) is 11.3 Å². The zero-order valence-electron chi connectivity index (χ0n) is 21.0. The third kappa shape index (κ3) is 6.72. The molecule has 1 fully saturated rings. The summed E-state index contributed by atoms with van der Waals surface area (Å²) in [5.41, 5.74) is -0.682. The molecular weight excluding hydrogens is 608 g/mol. The van der Waals surface area contributed by atoms with Crippen molar-refractivity contribution < 1.29 is 53.1 Å². The van der Waals surface area contributed by atoms with Crippen molar-refractivity contribution >= 4 is 15.9 Å². The lowest BCUT2D eigenvalue weighted by molar-refractivity contribution is -0.275. The van der Waals surface area contributed by atoms with E-state index in [1.54, 1.807) is 0 Å². The maximum absolute atomic E-state index is 14.6. The van der Waals surface area contributed by atoms with E-state index in [-0.39, 0.29) is 16.8 Å². The van der Waals surface area contributed by atoms with Gasteiger partial charge in [-0.25, -0.2) is 32.2 Å². The Morgan fingerprint density at radius 2 is 1.71 bits per heavy atom. The number of hydrogen-bond donors (Lipinski definition) is 1. The van der Waals surface area contributed by atoms with Crippen LogP contribution in [0.3, 0.4) is 0 Å². The van der Waals surface area contributed by atoms with Gasteiger partial charge in [0.15, 0.2) is 10.8 Å². The normalized spacial score (nSPS) is 20.0. The minimum Gasteiger partial charge on any atom is -0.404 e. The Balaban J connectivity index is 1.61. The second-order valence-corrected chi connectivity index (χ2v) is 10.7. The van der Waals surface area contributed by atoms with E-state index in [4.69, 9.17) is 0 Å². The lowest BCUT2D eigenvalue weighted by Gasteiger charge is -2.26. The molecular formula is C23H18F8N6O4S. The van der Waals surface area contributed by atoms with Gasteiger partial charge in [0.1, 0.15) is 18.0 Å². The average Bonchev–Trinajstić information content (AvgIpc) is 3.21. The van der Waals surface area contributed by atoms with E-state index in [2.05, 4.69) is 30.0 Å². The molecule has 10 nitrogen and oxygen atoms in total.